The molecule has 4 amide bonds. The molecule has 0 spiro atoms. The van der Waals surface area contributed by atoms with Gasteiger partial charge in [-0.15, -0.1) is 0 Å². The van der Waals surface area contributed by atoms with Crippen LogP contribution in [0.2, 0.25) is 0 Å². The molecule has 1 saturated heterocycles. The van der Waals surface area contributed by atoms with Crippen molar-refractivity contribution in [3.8, 4) is 0 Å². The van der Waals surface area contributed by atoms with Crippen molar-refractivity contribution in [3.63, 3.8) is 0 Å². The van der Waals surface area contributed by atoms with Crippen LogP contribution in [-0.4, -0.2) is 51.6 Å². The average Bonchev–Trinajstić information content (AvgIpc) is 3.12. The number of carbonyl (C=O) groups excluding carboxylic acids is 3. The van der Waals surface area contributed by atoms with Crippen molar-refractivity contribution in [2.45, 2.75) is 51.1 Å². The number of aryl methyl sites for hydroxylation is 1. The second-order valence-electron chi connectivity index (χ2n) is 7.24. The summed E-state index contributed by atoms with van der Waals surface area (Å²) in [6.45, 7) is 1.59. The number of urea groups is 1. The molecule has 0 bridgehead atoms. The molecule has 9 nitrogen and oxygen atoms in total. The number of fused-ring (bicyclic) bond motifs is 3. The number of amides is 4. The van der Waals surface area contributed by atoms with Crippen molar-refractivity contribution in [2.24, 2.45) is 10.7 Å². The number of imidazole rings is 1. The number of hydrogen-bond donors (Lipinski definition) is 1. The molecule has 1 aliphatic carbocycles. The van der Waals surface area contributed by atoms with Crippen molar-refractivity contribution in [3.05, 3.63) is 11.9 Å². The Kier molecular flexibility index (Phi) is 3.82. The topological polar surface area (TPSA) is 105 Å². The minimum Gasteiger partial charge on any atom is -0.368 e. The summed E-state index contributed by atoms with van der Waals surface area (Å²) in [6.07, 6.45) is 7.72. The Hall–Kier alpha value is -2.71. The second kappa shape index (κ2) is 5.93. The minimum absolute atomic E-state index is 0.363. The zero-order chi connectivity index (χ0) is 18.6. The lowest BCUT2D eigenvalue weighted by atomic mass is 9.95. The van der Waals surface area contributed by atoms with Gasteiger partial charge in [-0.05, 0) is 32.6 Å². The zero-order valence-corrected chi connectivity index (χ0v) is 15.0. The van der Waals surface area contributed by atoms with Gasteiger partial charge in [-0.1, -0.05) is 11.4 Å². The van der Waals surface area contributed by atoms with Crippen LogP contribution >= 0.6 is 0 Å². The molecule has 3 aliphatic rings. The Labute approximate surface area is 151 Å². The number of primary amides is 1. The number of nitrogens with two attached hydrogens (primary N) is 1. The van der Waals surface area contributed by atoms with Gasteiger partial charge in [0.15, 0.2) is 0 Å². The van der Waals surface area contributed by atoms with Gasteiger partial charge in [0.05, 0.1) is 6.04 Å². The van der Waals surface area contributed by atoms with E-state index in [1.54, 1.807) is 7.05 Å². The summed E-state index contributed by atoms with van der Waals surface area (Å²) in [5.74, 6) is -0.0848. The van der Waals surface area contributed by atoms with E-state index in [9.17, 15) is 14.4 Å². The maximum absolute atomic E-state index is 12.9. The van der Waals surface area contributed by atoms with Gasteiger partial charge in [-0.25, -0.2) is 13.9 Å². The summed E-state index contributed by atoms with van der Waals surface area (Å²) in [4.78, 5) is 43.6. The van der Waals surface area contributed by atoms with Gasteiger partial charge in [0, 0.05) is 7.05 Å². The first-order valence-electron chi connectivity index (χ1n) is 8.99. The van der Waals surface area contributed by atoms with E-state index in [-0.39, 0.29) is 0 Å². The van der Waals surface area contributed by atoms with Gasteiger partial charge < -0.3 is 5.73 Å². The highest BCUT2D eigenvalue weighted by Crippen LogP contribution is 2.36. The molecule has 3 heterocycles. The van der Waals surface area contributed by atoms with Crippen molar-refractivity contribution < 1.29 is 19.0 Å². The Morgan fingerprint density at radius 3 is 2.65 bits per heavy atom. The highest BCUT2D eigenvalue weighted by Gasteiger charge is 2.53. The minimum atomic E-state index is -0.726. The van der Waals surface area contributed by atoms with Gasteiger partial charge in [-0.3, -0.25) is 19.4 Å². The van der Waals surface area contributed by atoms with Crippen molar-refractivity contribution in [1.82, 2.24) is 14.4 Å². The first-order chi connectivity index (χ1) is 12.4. The summed E-state index contributed by atoms with van der Waals surface area (Å²) in [5, 5.41) is 0. The van der Waals surface area contributed by atoms with Crippen LogP contribution in [0.1, 0.15) is 49.9 Å². The fraction of sp³-hybridized carbons (Fsp3) is 0.588. The van der Waals surface area contributed by atoms with Gasteiger partial charge in [0.2, 0.25) is 17.8 Å². The normalized spacial score (nSPS) is 23.2. The lowest BCUT2D eigenvalue weighted by Gasteiger charge is -2.32. The van der Waals surface area contributed by atoms with E-state index in [4.69, 9.17) is 5.73 Å². The van der Waals surface area contributed by atoms with Crippen LogP contribution in [0.5, 0.6) is 0 Å². The number of nitrogens with zero attached hydrogens (tertiary/aromatic N) is 5. The van der Waals surface area contributed by atoms with E-state index >= 15 is 0 Å². The smallest absolute Gasteiger partial charge is 0.368 e. The first-order valence-corrected chi connectivity index (χ1v) is 8.99. The van der Waals surface area contributed by atoms with Crippen LogP contribution in [0.3, 0.4) is 0 Å². The molecule has 26 heavy (non-hydrogen) atoms. The molecule has 4 rings (SSSR count). The quantitative estimate of drug-likeness (QED) is 0.797. The van der Waals surface area contributed by atoms with Crippen molar-refractivity contribution in [2.75, 3.05) is 13.6 Å². The van der Waals surface area contributed by atoms with E-state index in [0.29, 0.717) is 17.8 Å². The highest BCUT2D eigenvalue weighted by molar-refractivity contribution is 6.19. The van der Waals surface area contributed by atoms with E-state index in [0.717, 1.165) is 23.4 Å². The molecule has 1 saturated carbocycles. The molecular weight excluding hydrogens is 336 g/mol. The number of hydrogen-bond acceptors (Lipinski definition) is 4. The van der Waals surface area contributed by atoms with Gasteiger partial charge in [0.1, 0.15) is 18.4 Å². The average molecular weight is 359 g/mol. The third kappa shape index (κ3) is 2.33. The number of aromatic nitrogens is 2. The number of imide groups is 1. The monoisotopic (exact) mass is 359 g/mol. The Bertz CT molecular complexity index is 836. The maximum Gasteiger partial charge on any atom is 0.402 e. The summed E-state index contributed by atoms with van der Waals surface area (Å²) >= 11 is 0. The van der Waals surface area contributed by atoms with Crippen LogP contribution in [0.15, 0.2) is 11.2 Å². The van der Waals surface area contributed by atoms with Crippen LogP contribution in [-0.2, 0) is 9.59 Å². The third-order valence-electron chi connectivity index (χ3n) is 5.50. The third-order valence-corrected chi connectivity index (χ3v) is 5.50. The molecule has 9 heteroatoms. The fourth-order valence-corrected chi connectivity index (χ4v) is 4.29. The van der Waals surface area contributed by atoms with Gasteiger partial charge in [0.25, 0.3) is 5.91 Å². The number of rotatable bonds is 3. The zero-order valence-electron chi connectivity index (χ0n) is 15.0. The number of likely N-dealkylation sites (N-methyl/N-ethyl adjacent to an activating group) is 1. The van der Waals surface area contributed by atoms with Crippen molar-refractivity contribution in [1.29, 1.82) is 0 Å². The first kappa shape index (κ1) is 16.7. The van der Waals surface area contributed by atoms with E-state index < -0.39 is 30.4 Å². The molecule has 138 valence electrons. The lowest BCUT2D eigenvalue weighted by molar-refractivity contribution is -0.677. The van der Waals surface area contributed by atoms with Crippen molar-refractivity contribution >= 4 is 29.6 Å². The van der Waals surface area contributed by atoms with Crippen LogP contribution < -0.4 is 10.3 Å². The molecule has 2 N–H and O–H groups in total. The Morgan fingerprint density at radius 1 is 1.31 bits per heavy atom. The van der Waals surface area contributed by atoms with Crippen LogP contribution in [0, 0.1) is 6.92 Å². The van der Waals surface area contributed by atoms with E-state index in [1.165, 1.54) is 24.2 Å². The van der Waals surface area contributed by atoms with Gasteiger partial charge in [-0.2, -0.15) is 0 Å². The van der Waals surface area contributed by atoms with Gasteiger partial charge >= 0.3 is 12.0 Å². The Morgan fingerprint density at radius 2 is 2.00 bits per heavy atom. The predicted octanol–water partition coefficient (Wildman–Crippen LogP) is 0.553. The molecule has 1 atom stereocenters. The molecule has 1 aromatic rings. The summed E-state index contributed by atoms with van der Waals surface area (Å²) < 4.78 is 4.01. The molecule has 0 aromatic carbocycles. The Balaban J connectivity index is 1.77. The number of aliphatic imine (C=N–C) groups is 1. The predicted molar refractivity (Wildman–Crippen MR) is 91.7 cm³/mol. The molecular formula is C17H23N6O3+. The number of amidine groups is 1. The van der Waals surface area contributed by atoms with Crippen LogP contribution in [0.25, 0.3) is 0 Å². The molecule has 1 aromatic heterocycles. The lowest BCUT2D eigenvalue weighted by Crippen LogP contribution is -2.63. The highest BCUT2D eigenvalue weighted by atomic mass is 16.2. The summed E-state index contributed by atoms with van der Waals surface area (Å²) in [6, 6.07) is -0.937. The summed E-state index contributed by atoms with van der Waals surface area (Å²) in [7, 11) is 1.57. The fourth-order valence-electron chi connectivity index (χ4n) is 4.29. The molecule has 0 radical (unpaired) electrons. The molecule has 2 aliphatic heterocycles. The SMILES string of the molecule is Cc1c[n+]2c(n1C1CCCCC1)N=C1C2C(=O)N(CC(N)=O)C(=O)N1C. The summed E-state index contributed by atoms with van der Waals surface area (Å²) in [5.41, 5.74) is 6.25. The largest absolute Gasteiger partial charge is 0.402 e. The van der Waals surface area contributed by atoms with E-state index in [1.807, 2.05) is 17.7 Å². The standard InChI is InChI=1S/C17H22N6O3/c1-10-8-21-13-14(19-16(21)23(10)11-6-4-3-5-7-11)20(2)17(26)22(15(13)25)9-12(18)24/h8,11,13H,3-7,9H2,1-2H3,(H-,18,24)/p+1. The van der Waals surface area contributed by atoms with E-state index in [2.05, 4.69) is 9.56 Å². The number of carbonyl (C=O) groups is 3. The van der Waals surface area contributed by atoms with Crippen LogP contribution in [0.4, 0.5) is 10.7 Å². The second-order valence-corrected chi connectivity index (χ2v) is 7.24. The molecule has 2 fully saturated rings. The maximum atomic E-state index is 12.9. The molecule has 1 unspecified atom stereocenters.